The molecule has 104 valence electrons. The van der Waals surface area contributed by atoms with Crippen molar-refractivity contribution < 1.29 is 19.8 Å². The van der Waals surface area contributed by atoms with Crippen molar-refractivity contribution >= 4 is 12.0 Å². The lowest BCUT2D eigenvalue weighted by atomic mass is 9.89. The molecule has 1 atom stereocenters. The molecule has 0 aromatic heterocycles. The summed E-state index contributed by atoms with van der Waals surface area (Å²) < 4.78 is 0. The van der Waals surface area contributed by atoms with Gasteiger partial charge in [-0.2, -0.15) is 0 Å². The SMILES string of the molecule is CC1(CNC(=O)N[C@@H](CCO)C(=O)O)CCCC1. The summed E-state index contributed by atoms with van der Waals surface area (Å²) in [4.78, 5) is 22.4. The summed E-state index contributed by atoms with van der Waals surface area (Å²) in [6, 6.07) is -1.52. The van der Waals surface area contributed by atoms with Crippen molar-refractivity contribution in [3.63, 3.8) is 0 Å². The first-order valence-corrected chi connectivity index (χ1v) is 6.35. The fraction of sp³-hybridized carbons (Fsp3) is 0.833. The van der Waals surface area contributed by atoms with Gasteiger partial charge < -0.3 is 20.8 Å². The summed E-state index contributed by atoms with van der Waals surface area (Å²) in [7, 11) is 0. The summed E-state index contributed by atoms with van der Waals surface area (Å²) in [5.41, 5.74) is 0.132. The molecule has 0 aromatic carbocycles. The first kappa shape index (κ1) is 14.8. The maximum absolute atomic E-state index is 11.6. The molecule has 0 unspecified atom stereocenters. The van der Waals surface area contributed by atoms with Gasteiger partial charge >= 0.3 is 12.0 Å². The second-order valence-electron chi connectivity index (χ2n) is 5.25. The highest BCUT2D eigenvalue weighted by Crippen LogP contribution is 2.36. The Kier molecular flexibility index (Phi) is 5.40. The van der Waals surface area contributed by atoms with Gasteiger partial charge in [0, 0.05) is 19.6 Å². The van der Waals surface area contributed by atoms with Crippen LogP contribution < -0.4 is 10.6 Å². The fourth-order valence-electron chi connectivity index (χ4n) is 2.29. The maximum Gasteiger partial charge on any atom is 0.326 e. The van der Waals surface area contributed by atoms with Crippen LogP contribution in [0, 0.1) is 5.41 Å². The van der Waals surface area contributed by atoms with Gasteiger partial charge in [0.05, 0.1) is 0 Å². The Bertz CT molecular complexity index is 300. The Labute approximate surface area is 107 Å². The third kappa shape index (κ3) is 4.52. The molecule has 1 aliphatic rings. The van der Waals surface area contributed by atoms with Crippen molar-refractivity contribution in [1.29, 1.82) is 0 Å². The van der Waals surface area contributed by atoms with Gasteiger partial charge in [-0.15, -0.1) is 0 Å². The molecular formula is C12H22N2O4. The van der Waals surface area contributed by atoms with Crippen LogP contribution in [0.25, 0.3) is 0 Å². The number of rotatable bonds is 6. The minimum absolute atomic E-state index is 0.0139. The van der Waals surface area contributed by atoms with Crippen LogP contribution in [0.3, 0.4) is 0 Å². The van der Waals surface area contributed by atoms with Crippen LogP contribution in [0.2, 0.25) is 0 Å². The number of aliphatic carboxylic acids is 1. The normalized spacial score (nSPS) is 19.2. The van der Waals surface area contributed by atoms with Gasteiger partial charge in [0.15, 0.2) is 0 Å². The Balaban J connectivity index is 2.33. The van der Waals surface area contributed by atoms with Gasteiger partial charge in [0.25, 0.3) is 0 Å². The zero-order chi connectivity index (χ0) is 13.6. The smallest absolute Gasteiger partial charge is 0.326 e. The number of amides is 2. The van der Waals surface area contributed by atoms with E-state index in [0.29, 0.717) is 6.54 Å². The van der Waals surface area contributed by atoms with Crippen molar-refractivity contribution in [1.82, 2.24) is 10.6 Å². The molecule has 0 saturated heterocycles. The minimum Gasteiger partial charge on any atom is -0.480 e. The van der Waals surface area contributed by atoms with Gasteiger partial charge in [0.1, 0.15) is 6.04 Å². The number of aliphatic hydroxyl groups excluding tert-OH is 1. The molecule has 4 N–H and O–H groups in total. The highest BCUT2D eigenvalue weighted by atomic mass is 16.4. The lowest BCUT2D eigenvalue weighted by Gasteiger charge is -2.24. The lowest BCUT2D eigenvalue weighted by molar-refractivity contribution is -0.139. The Morgan fingerprint density at radius 2 is 1.94 bits per heavy atom. The number of hydrogen-bond donors (Lipinski definition) is 4. The first-order valence-electron chi connectivity index (χ1n) is 6.35. The van der Waals surface area contributed by atoms with E-state index >= 15 is 0 Å². The van der Waals surface area contributed by atoms with Crippen LogP contribution in [-0.4, -0.2) is 41.4 Å². The number of carboxylic acid groups (broad SMARTS) is 1. The molecule has 1 rings (SSSR count). The van der Waals surface area contributed by atoms with E-state index in [4.69, 9.17) is 10.2 Å². The molecule has 6 nitrogen and oxygen atoms in total. The highest BCUT2D eigenvalue weighted by molar-refractivity contribution is 5.82. The van der Waals surface area contributed by atoms with Gasteiger partial charge in [-0.25, -0.2) is 9.59 Å². The number of hydrogen-bond acceptors (Lipinski definition) is 3. The van der Waals surface area contributed by atoms with Crippen molar-refractivity contribution in [3.8, 4) is 0 Å². The predicted octanol–water partition coefficient (Wildman–Crippen LogP) is 0.701. The second-order valence-corrected chi connectivity index (χ2v) is 5.25. The molecule has 0 aliphatic heterocycles. The van der Waals surface area contributed by atoms with E-state index in [-0.39, 0.29) is 18.4 Å². The number of urea groups is 1. The molecule has 0 bridgehead atoms. The third-order valence-corrected chi connectivity index (χ3v) is 3.51. The molecular weight excluding hydrogens is 236 g/mol. The van der Waals surface area contributed by atoms with E-state index in [1.807, 2.05) is 0 Å². The van der Waals surface area contributed by atoms with Crippen LogP contribution in [0.4, 0.5) is 4.79 Å². The molecule has 1 aliphatic carbocycles. The molecule has 1 fully saturated rings. The molecule has 0 heterocycles. The highest BCUT2D eigenvalue weighted by Gasteiger charge is 2.29. The fourth-order valence-corrected chi connectivity index (χ4v) is 2.29. The number of carbonyl (C=O) groups excluding carboxylic acids is 1. The zero-order valence-corrected chi connectivity index (χ0v) is 10.7. The molecule has 0 spiro atoms. The van der Waals surface area contributed by atoms with E-state index in [0.717, 1.165) is 12.8 Å². The number of aliphatic hydroxyl groups is 1. The summed E-state index contributed by atoms with van der Waals surface area (Å²) in [6.45, 7) is 2.42. The standard InChI is InChI=1S/C12H22N2O4/c1-12(5-2-3-6-12)8-13-11(18)14-9(4-7-15)10(16)17/h9,15H,2-8H2,1H3,(H,16,17)(H2,13,14,18)/t9-/m0/s1. The van der Waals surface area contributed by atoms with Crippen LogP contribution in [0.15, 0.2) is 0 Å². The molecule has 18 heavy (non-hydrogen) atoms. The Morgan fingerprint density at radius 3 is 2.44 bits per heavy atom. The molecule has 1 saturated carbocycles. The van der Waals surface area contributed by atoms with Crippen LogP contribution in [0.5, 0.6) is 0 Å². The average molecular weight is 258 g/mol. The topological polar surface area (TPSA) is 98.7 Å². The molecule has 0 aromatic rings. The number of carboxylic acids is 1. The van der Waals surface area contributed by atoms with Gasteiger partial charge in [-0.1, -0.05) is 19.8 Å². The molecule has 6 heteroatoms. The largest absolute Gasteiger partial charge is 0.480 e. The van der Waals surface area contributed by atoms with Crippen molar-refractivity contribution in [2.45, 2.75) is 45.1 Å². The van der Waals surface area contributed by atoms with E-state index in [1.165, 1.54) is 12.8 Å². The van der Waals surface area contributed by atoms with E-state index in [2.05, 4.69) is 17.6 Å². The predicted molar refractivity (Wildman–Crippen MR) is 66.2 cm³/mol. The molecule has 0 radical (unpaired) electrons. The quantitative estimate of drug-likeness (QED) is 0.563. The average Bonchev–Trinajstić information content (AvgIpc) is 2.73. The van der Waals surface area contributed by atoms with Gasteiger partial charge in [0.2, 0.25) is 0 Å². The maximum atomic E-state index is 11.6. The van der Waals surface area contributed by atoms with Crippen molar-refractivity contribution in [3.05, 3.63) is 0 Å². The summed E-state index contributed by atoms with van der Waals surface area (Å²) >= 11 is 0. The zero-order valence-electron chi connectivity index (χ0n) is 10.7. The summed E-state index contributed by atoms with van der Waals surface area (Å²) in [6.07, 6.45) is 4.56. The summed E-state index contributed by atoms with van der Waals surface area (Å²) in [5.74, 6) is -1.13. The first-order chi connectivity index (χ1) is 8.47. The van der Waals surface area contributed by atoms with Crippen LogP contribution in [0.1, 0.15) is 39.0 Å². The number of carbonyl (C=O) groups is 2. The third-order valence-electron chi connectivity index (χ3n) is 3.51. The van der Waals surface area contributed by atoms with Crippen LogP contribution >= 0.6 is 0 Å². The lowest BCUT2D eigenvalue weighted by Crippen LogP contribution is -2.48. The monoisotopic (exact) mass is 258 g/mol. The van der Waals surface area contributed by atoms with Crippen LogP contribution in [-0.2, 0) is 4.79 Å². The van der Waals surface area contributed by atoms with Crippen molar-refractivity contribution in [2.75, 3.05) is 13.2 Å². The second kappa shape index (κ2) is 6.58. The minimum atomic E-state index is -1.13. The van der Waals surface area contributed by atoms with E-state index in [9.17, 15) is 9.59 Å². The summed E-state index contributed by atoms with van der Waals surface area (Å²) in [5, 5.41) is 22.6. The van der Waals surface area contributed by atoms with Gasteiger partial charge in [-0.3, -0.25) is 0 Å². The Morgan fingerprint density at radius 1 is 1.33 bits per heavy atom. The van der Waals surface area contributed by atoms with E-state index < -0.39 is 18.0 Å². The van der Waals surface area contributed by atoms with Crippen molar-refractivity contribution in [2.24, 2.45) is 5.41 Å². The number of nitrogens with one attached hydrogen (secondary N) is 2. The Hall–Kier alpha value is -1.30. The van der Waals surface area contributed by atoms with Gasteiger partial charge in [-0.05, 0) is 18.3 Å². The van der Waals surface area contributed by atoms with E-state index in [1.54, 1.807) is 0 Å². The molecule has 2 amide bonds.